The van der Waals surface area contributed by atoms with Crippen molar-refractivity contribution in [3.8, 4) is 33.6 Å². The van der Waals surface area contributed by atoms with Crippen molar-refractivity contribution in [2.24, 2.45) is 0 Å². The third kappa shape index (κ3) is 3.38. The molecule has 4 aromatic rings. The van der Waals surface area contributed by atoms with Crippen LogP contribution in [-0.4, -0.2) is 12.8 Å². The molecule has 0 fully saturated rings. The van der Waals surface area contributed by atoms with E-state index < -0.39 is 0 Å². The maximum atomic E-state index is 5.83. The number of hydrogen-bond acceptors (Lipinski definition) is 1. The van der Waals surface area contributed by atoms with Gasteiger partial charge >= 0.3 is 0 Å². The standard InChI is InChI=1S/C23H16BN/c24-21-13-11-19(12-14-21)23-16-20(17-7-3-1-4-8-17)15-22(25-23)18-9-5-2-6-10-18/h1-16H. The Morgan fingerprint density at radius 2 is 0.960 bits per heavy atom. The molecule has 3 aromatic carbocycles. The van der Waals surface area contributed by atoms with Crippen LogP contribution in [-0.2, 0) is 0 Å². The highest BCUT2D eigenvalue weighted by Gasteiger charge is 2.08. The van der Waals surface area contributed by atoms with E-state index >= 15 is 0 Å². The summed E-state index contributed by atoms with van der Waals surface area (Å²) in [6.07, 6.45) is 0. The minimum absolute atomic E-state index is 0.756. The van der Waals surface area contributed by atoms with Gasteiger partial charge in [-0.25, -0.2) is 4.98 Å². The molecule has 25 heavy (non-hydrogen) atoms. The molecule has 0 atom stereocenters. The Morgan fingerprint density at radius 3 is 1.52 bits per heavy atom. The molecule has 0 amide bonds. The first kappa shape index (κ1) is 15.4. The maximum absolute atomic E-state index is 5.83. The molecular weight excluding hydrogens is 301 g/mol. The zero-order valence-corrected chi connectivity index (χ0v) is 13.8. The molecule has 0 unspecified atom stereocenters. The topological polar surface area (TPSA) is 12.9 Å². The SMILES string of the molecule is [B]c1ccc(-c2cc(-c3ccccc3)cc(-c3ccccc3)n2)cc1. The van der Waals surface area contributed by atoms with Crippen LogP contribution in [0.15, 0.2) is 97.1 Å². The fourth-order valence-electron chi connectivity index (χ4n) is 2.89. The lowest BCUT2D eigenvalue weighted by Crippen LogP contribution is -2.00. The van der Waals surface area contributed by atoms with Crippen LogP contribution in [0.1, 0.15) is 0 Å². The molecule has 0 spiro atoms. The molecule has 0 saturated carbocycles. The molecule has 1 nitrogen and oxygen atoms in total. The van der Waals surface area contributed by atoms with Crippen molar-refractivity contribution >= 4 is 13.3 Å². The van der Waals surface area contributed by atoms with E-state index in [-0.39, 0.29) is 0 Å². The Balaban J connectivity index is 1.90. The van der Waals surface area contributed by atoms with Gasteiger partial charge in [-0.15, -0.1) is 0 Å². The number of rotatable bonds is 3. The van der Waals surface area contributed by atoms with Crippen molar-refractivity contribution in [2.45, 2.75) is 0 Å². The highest BCUT2D eigenvalue weighted by Crippen LogP contribution is 2.29. The van der Waals surface area contributed by atoms with Gasteiger partial charge in [-0.2, -0.15) is 0 Å². The quantitative estimate of drug-likeness (QED) is 0.491. The largest absolute Gasteiger partial charge is 0.248 e. The van der Waals surface area contributed by atoms with Gasteiger partial charge < -0.3 is 0 Å². The van der Waals surface area contributed by atoms with E-state index in [1.807, 2.05) is 48.5 Å². The summed E-state index contributed by atoms with van der Waals surface area (Å²) < 4.78 is 0. The minimum Gasteiger partial charge on any atom is -0.248 e. The summed E-state index contributed by atoms with van der Waals surface area (Å²) in [7, 11) is 5.83. The third-order valence-electron chi connectivity index (χ3n) is 4.21. The number of benzene rings is 3. The molecule has 0 aliphatic heterocycles. The average molecular weight is 317 g/mol. The van der Waals surface area contributed by atoms with Gasteiger partial charge in [0, 0.05) is 11.1 Å². The van der Waals surface area contributed by atoms with Crippen LogP contribution in [0, 0.1) is 0 Å². The second-order valence-corrected chi connectivity index (χ2v) is 5.98. The van der Waals surface area contributed by atoms with Gasteiger partial charge in [0.05, 0.1) is 11.4 Å². The summed E-state index contributed by atoms with van der Waals surface area (Å²) in [6.45, 7) is 0. The number of pyridine rings is 1. The van der Waals surface area contributed by atoms with Crippen molar-refractivity contribution in [1.82, 2.24) is 4.98 Å². The molecular formula is C23H16BN. The van der Waals surface area contributed by atoms with Gasteiger partial charge in [-0.3, -0.25) is 0 Å². The van der Waals surface area contributed by atoms with E-state index in [1.165, 1.54) is 5.56 Å². The average Bonchev–Trinajstić information content (AvgIpc) is 2.69. The molecule has 0 N–H and O–H groups in total. The fraction of sp³-hybridized carbons (Fsp3) is 0. The molecule has 0 saturated heterocycles. The molecule has 0 aliphatic rings. The number of hydrogen-bond donors (Lipinski definition) is 0. The van der Waals surface area contributed by atoms with Crippen LogP contribution in [0.5, 0.6) is 0 Å². The Labute approximate surface area is 149 Å². The fourth-order valence-corrected chi connectivity index (χ4v) is 2.89. The van der Waals surface area contributed by atoms with Gasteiger partial charge in [0.15, 0.2) is 0 Å². The monoisotopic (exact) mass is 317 g/mol. The summed E-state index contributed by atoms with van der Waals surface area (Å²) in [5.74, 6) is 0. The first-order valence-corrected chi connectivity index (χ1v) is 8.28. The van der Waals surface area contributed by atoms with Crippen molar-refractivity contribution < 1.29 is 0 Å². The minimum atomic E-state index is 0.756. The molecule has 1 aromatic heterocycles. The van der Waals surface area contributed by atoms with Gasteiger partial charge in [0.2, 0.25) is 0 Å². The van der Waals surface area contributed by atoms with Crippen molar-refractivity contribution in [3.05, 3.63) is 97.1 Å². The molecule has 4 rings (SSSR count). The Kier molecular flexibility index (Phi) is 4.18. The van der Waals surface area contributed by atoms with Crippen molar-refractivity contribution in [1.29, 1.82) is 0 Å². The summed E-state index contributed by atoms with van der Waals surface area (Å²) in [4.78, 5) is 4.89. The lowest BCUT2D eigenvalue weighted by molar-refractivity contribution is 1.32. The van der Waals surface area contributed by atoms with Crippen LogP contribution in [0.3, 0.4) is 0 Å². The molecule has 0 aliphatic carbocycles. The Morgan fingerprint density at radius 1 is 0.480 bits per heavy atom. The zero-order valence-electron chi connectivity index (χ0n) is 13.8. The molecule has 2 radical (unpaired) electrons. The highest BCUT2D eigenvalue weighted by molar-refractivity contribution is 6.32. The molecule has 2 heteroatoms. The zero-order chi connectivity index (χ0) is 17.1. The van der Waals surface area contributed by atoms with Crippen LogP contribution < -0.4 is 5.46 Å². The second kappa shape index (κ2) is 6.78. The van der Waals surface area contributed by atoms with E-state index in [0.717, 1.165) is 33.5 Å². The lowest BCUT2D eigenvalue weighted by Gasteiger charge is -2.10. The van der Waals surface area contributed by atoms with Gasteiger partial charge in [-0.05, 0) is 23.3 Å². The van der Waals surface area contributed by atoms with E-state index in [2.05, 4.69) is 48.5 Å². The van der Waals surface area contributed by atoms with Gasteiger partial charge in [0.1, 0.15) is 7.85 Å². The summed E-state index contributed by atoms with van der Waals surface area (Å²) >= 11 is 0. The predicted octanol–water partition coefficient (Wildman–Crippen LogP) is 4.88. The molecule has 0 bridgehead atoms. The van der Waals surface area contributed by atoms with Crippen LogP contribution in [0.25, 0.3) is 33.6 Å². The first-order valence-electron chi connectivity index (χ1n) is 8.28. The van der Waals surface area contributed by atoms with Crippen LogP contribution >= 0.6 is 0 Å². The highest BCUT2D eigenvalue weighted by atomic mass is 14.7. The normalized spacial score (nSPS) is 10.6. The van der Waals surface area contributed by atoms with Gasteiger partial charge in [-0.1, -0.05) is 90.4 Å². The summed E-state index contributed by atoms with van der Waals surface area (Å²) in [5, 5.41) is 0. The Hall–Kier alpha value is -3.13. The van der Waals surface area contributed by atoms with Gasteiger partial charge in [0.25, 0.3) is 0 Å². The van der Waals surface area contributed by atoms with E-state index in [9.17, 15) is 0 Å². The first-order chi connectivity index (χ1) is 12.3. The van der Waals surface area contributed by atoms with Crippen molar-refractivity contribution in [2.75, 3.05) is 0 Å². The van der Waals surface area contributed by atoms with Crippen LogP contribution in [0.2, 0.25) is 0 Å². The van der Waals surface area contributed by atoms with E-state index in [0.29, 0.717) is 0 Å². The van der Waals surface area contributed by atoms with Crippen molar-refractivity contribution in [3.63, 3.8) is 0 Å². The number of aromatic nitrogens is 1. The van der Waals surface area contributed by atoms with E-state index in [4.69, 9.17) is 12.8 Å². The third-order valence-corrected chi connectivity index (χ3v) is 4.21. The number of nitrogens with zero attached hydrogens (tertiary/aromatic N) is 1. The lowest BCUT2D eigenvalue weighted by atomic mass is 9.94. The van der Waals surface area contributed by atoms with E-state index in [1.54, 1.807) is 0 Å². The second-order valence-electron chi connectivity index (χ2n) is 5.98. The molecule has 1 heterocycles. The summed E-state index contributed by atoms with van der Waals surface area (Å²) in [6, 6.07) is 32.8. The predicted molar refractivity (Wildman–Crippen MR) is 106 cm³/mol. The maximum Gasteiger partial charge on any atom is 0.113 e. The smallest absolute Gasteiger partial charge is 0.113 e. The Bertz CT molecular complexity index is 920. The summed E-state index contributed by atoms with van der Waals surface area (Å²) in [5.41, 5.74) is 7.17. The van der Waals surface area contributed by atoms with Crippen LogP contribution in [0.4, 0.5) is 0 Å². The molecule has 116 valence electrons.